The highest BCUT2D eigenvalue weighted by Crippen LogP contribution is 2.19. The number of carboxylic acids is 1. The van der Waals surface area contributed by atoms with E-state index in [9.17, 15) is 4.79 Å². The van der Waals surface area contributed by atoms with Crippen molar-refractivity contribution < 1.29 is 19.1 Å². The predicted octanol–water partition coefficient (Wildman–Crippen LogP) is 2.44. The summed E-state index contributed by atoms with van der Waals surface area (Å²) in [5.74, 6) is 0.00269. The largest absolute Gasteiger partial charge is 0.484 e. The van der Waals surface area contributed by atoms with Gasteiger partial charge in [-0.25, -0.2) is 0 Å². The third kappa shape index (κ3) is 3.99. The summed E-state index contributed by atoms with van der Waals surface area (Å²) < 4.78 is 10.8. The van der Waals surface area contributed by atoms with Crippen molar-refractivity contribution in [2.45, 2.75) is 25.7 Å². The normalized spacial score (nSPS) is 10.5. The second-order valence-electron chi connectivity index (χ2n) is 4.18. The summed E-state index contributed by atoms with van der Waals surface area (Å²) in [7, 11) is 0. The first-order valence-corrected chi connectivity index (χ1v) is 6.90. The average Bonchev–Trinajstić information content (AvgIpc) is 2.86. The Labute approximate surface area is 120 Å². The fourth-order valence-corrected chi connectivity index (χ4v) is 1.93. The van der Waals surface area contributed by atoms with Crippen LogP contribution in [0.4, 0.5) is 0 Å². The number of carbonyl (C=O) groups is 1. The molecule has 7 heteroatoms. The molecule has 1 heterocycles. The molecule has 0 unspecified atom stereocenters. The molecule has 0 aliphatic carbocycles. The molecule has 106 valence electrons. The third-order valence-corrected chi connectivity index (χ3v) is 3.41. The van der Waals surface area contributed by atoms with Gasteiger partial charge in [-0.1, -0.05) is 17.8 Å². The zero-order valence-electron chi connectivity index (χ0n) is 11.1. The fourth-order valence-electron chi connectivity index (χ4n) is 1.43. The van der Waals surface area contributed by atoms with E-state index in [1.165, 1.54) is 5.56 Å². The van der Waals surface area contributed by atoms with Crippen molar-refractivity contribution in [1.29, 1.82) is 0 Å². The monoisotopic (exact) mass is 294 g/mol. The van der Waals surface area contributed by atoms with Crippen molar-refractivity contribution in [3.05, 3.63) is 35.2 Å². The van der Waals surface area contributed by atoms with Crippen LogP contribution in [0, 0.1) is 13.8 Å². The fraction of sp³-hybridized carbons (Fsp3) is 0.308. The van der Waals surface area contributed by atoms with Gasteiger partial charge in [-0.05, 0) is 37.1 Å². The van der Waals surface area contributed by atoms with Crippen LogP contribution in [0.3, 0.4) is 0 Å². The van der Waals surface area contributed by atoms with Gasteiger partial charge in [-0.15, -0.1) is 10.2 Å². The topological polar surface area (TPSA) is 85.5 Å². The molecule has 0 aliphatic rings. The summed E-state index contributed by atoms with van der Waals surface area (Å²) in [6, 6.07) is 5.79. The summed E-state index contributed by atoms with van der Waals surface area (Å²) in [4.78, 5) is 10.4. The first-order chi connectivity index (χ1) is 9.54. The highest BCUT2D eigenvalue weighted by Gasteiger charge is 2.09. The molecule has 2 aromatic rings. The SMILES string of the molecule is Cc1ccc(OCc2nnc(SCC(=O)O)o2)cc1C. The van der Waals surface area contributed by atoms with Crippen molar-refractivity contribution in [1.82, 2.24) is 10.2 Å². The molecule has 0 spiro atoms. The standard InChI is InChI=1S/C13H14N2O4S/c1-8-3-4-10(5-9(8)2)18-6-11-14-15-13(19-11)20-7-12(16)17/h3-5H,6-7H2,1-2H3,(H,16,17). The molecule has 0 bridgehead atoms. The van der Waals surface area contributed by atoms with E-state index in [1.54, 1.807) is 0 Å². The van der Waals surface area contributed by atoms with Crippen LogP contribution in [0.15, 0.2) is 27.8 Å². The molecule has 0 saturated heterocycles. The van der Waals surface area contributed by atoms with Gasteiger partial charge in [-0.2, -0.15) is 0 Å². The Morgan fingerprint density at radius 1 is 1.35 bits per heavy atom. The smallest absolute Gasteiger partial charge is 0.314 e. The molecule has 1 N–H and O–H groups in total. The molecule has 0 saturated carbocycles. The van der Waals surface area contributed by atoms with Gasteiger partial charge in [0.15, 0.2) is 6.61 Å². The van der Waals surface area contributed by atoms with Crippen LogP contribution in [0.25, 0.3) is 0 Å². The van der Waals surface area contributed by atoms with Crippen LogP contribution in [-0.2, 0) is 11.4 Å². The van der Waals surface area contributed by atoms with Gasteiger partial charge in [-0.3, -0.25) is 4.79 Å². The van der Waals surface area contributed by atoms with E-state index in [0.717, 1.165) is 23.1 Å². The Morgan fingerprint density at radius 3 is 2.85 bits per heavy atom. The van der Waals surface area contributed by atoms with Crippen LogP contribution in [0.5, 0.6) is 5.75 Å². The van der Waals surface area contributed by atoms with E-state index in [1.807, 2.05) is 32.0 Å². The second kappa shape index (κ2) is 6.42. The van der Waals surface area contributed by atoms with Crippen molar-refractivity contribution in [3.8, 4) is 5.75 Å². The lowest BCUT2D eigenvalue weighted by Gasteiger charge is -2.05. The van der Waals surface area contributed by atoms with E-state index in [0.29, 0.717) is 5.89 Å². The molecule has 0 amide bonds. The highest BCUT2D eigenvalue weighted by molar-refractivity contribution is 7.99. The summed E-state index contributed by atoms with van der Waals surface area (Å²) >= 11 is 0.980. The Morgan fingerprint density at radius 2 is 2.15 bits per heavy atom. The highest BCUT2D eigenvalue weighted by atomic mass is 32.2. The number of nitrogens with zero attached hydrogens (tertiary/aromatic N) is 2. The maximum absolute atomic E-state index is 10.4. The van der Waals surface area contributed by atoms with Crippen molar-refractivity contribution in [2.75, 3.05) is 5.75 Å². The quantitative estimate of drug-likeness (QED) is 0.819. The second-order valence-corrected chi connectivity index (χ2v) is 5.11. The molecule has 1 aromatic carbocycles. The number of aliphatic carboxylic acids is 1. The number of rotatable bonds is 6. The van der Waals surface area contributed by atoms with Gasteiger partial charge in [0.05, 0.1) is 0 Å². The summed E-state index contributed by atoms with van der Waals surface area (Å²) in [6.45, 7) is 4.20. The zero-order chi connectivity index (χ0) is 14.5. The summed E-state index contributed by atoms with van der Waals surface area (Å²) in [6.07, 6.45) is 0. The lowest BCUT2D eigenvalue weighted by atomic mass is 10.1. The van der Waals surface area contributed by atoms with Crippen molar-refractivity contribution in [3.63, 3.8) is 0 Å². The molecule has 1 aromatic heterocycles. The number of benzene rings is 1. The van der Waals surface area contributed by atoms with Crippen molar-refractivity contribution in [2.24, 2.45) is 0 Å². The maximum atomic E-state index is 10.4. The third-order valence-electron chi connectivity index (χ3n) is 2.61. The first-order valence-electron chi connectivity index (χ1n) is 5.91. The van der Waals surface area contributed by atoms with Gasteiger partial charge in [0.2, 0.25) is 0 Å². The Bertz CT molecular complexity index is 612. The Kier molecular flexibility index (Phi) is 4.62. The van der Waals surface area contributed by atoms with Crippen LogP contribution in [0.1, 0.15) is 17.0 Å². The number of aryl methyl sites for hydroxylation is 2. The van der Waals surface area contributed by atoms with E-state index < -0.39 is 5.97 Å². The number of aromatic nitrogens is 2. The summed E-state index contributed by atoms with van der Waals surface area (Å²) in [5.41, 5.74) is 2.34. The lowest BCUT2D eigenvalue weighted by Crippen LogP contribution is -1.97. The molecule has 0 radical (unpaired) electrons. The zero-order valence-corrected chi connectivity index (χ0v) is 11.9. The number of hydrogen-bond donors (Lipinski definition) is 1. The number of thioether (sulfide) groups is 1. The van der Waals surface area contributed by atoms with Crippen molar-refractivity contribution >= 4 is 17.7 Å². The van der Waals surface area contributed by atoms with Gasteiger partial charge < -0.3 is 14.3 Å². The molecular formula is C13H14N2O4S. The summed E-state index contributed by atoms with van der Waals surface area (Å²) in [5, 5.41) is 16.3. The van der Waals surface area contributed by atoms with Crippen LogP contribution in [-0.4, -0.2) is 27.0 Å². The maximum Gasteiger partial charge on any atom is 0.314 e. The van der Waals surface area contributed by atoms with E-state index in [-0.39, 0.29) is 17.6 Å². The minimum Gasteiger partial charge on any atom is -0.484 e. The van der Waals surface area contributed by atoms with E-state index in [4.69, 9.17) is 14.3 Å². The molecule has 0 aliphatic heterocycles. The molecule has 6 nitrogen and oxygen atoms in total. The van der Waals surface area contributed by atoms with Gasteiger partial charge >= 0.3 is 5.97 Å². The molecule has 0 fully saturated rings. The number of carboxylic acid groups (broad SMARTS) is 1. The predicted molar refractivity (Wildman–Crippen MR) is 72.9 cm³/mol. The first kappa shape index (κ1) is 14.4. The molecule has 2 rings (SSSR count). The van der Waals surface area contributed by atoms with E-state index >= 15 is 0 Å². The Balaban J connectivity index is 1.90. The van der Waals surface area contributed by atoms with Gasteiger partial charge in [0.1, 0.15) is 11.5 Å². The molecule has 20 heavy (non-hydrogen) atoms. The van der Waals surface area contributed by atoms with Crippen LogP contribution >= 0.6 is 11.8 Å². The molecular weight excluding hydrogens is 280 g/mol. The Hall–Kier alpha value is -2.02. The van der Waals surface area contributed by atoms with Crippen LogP contribution < -0.4 is 4.74 Å². The number of ether oxygens (including phenoxy) is 1. The van der Waals surface area contributed by atoms with E-state index in [2.05, 4.69) is 10.2 Å². The average molecular weight is 294 g/mol. The van der Waals surface area contributed by atoms with Crippen LogP contribution in [0.2, 0.25) is 0 Å². The molecule has 0 atom stereocenters. The van der Waals surface area contributed by atoms with Gasteiger partial charge in [0, 0.05) is 0 Å². The number of hydrogen-bond acceptors (Lipinski definition) is 6. The minimum atomic E-state index is -0.930. The lowest BCUT2D eigenvalue weighted by molar-refractivity contribution is -0.133. The minimum absolute atomic E-state index is 0.111. The van der Waals surface area contributed by atoms with Gasteiger partial charge in [0.25, 0.3) is 11.1 Å².